The number of likely N-dealkylation sites (tertiary alicyclic amines) is 1. The molecule has 1 aliphatic rings. The van der Waals surface area contributed by atoms with Gasteiger partial charge in [0.2, 0.25) is 5.91 Å². The Morgan fingerprint density at radius 2 is 1.88 bits per heavy atom. The number of amides is 2. The lowest BCUT2D eigenvalue weighted by Crippen LogP contribution is -2.31. The highest BCUT2D eigenvalue weighted by atomic mass is 16.5. The number of carbonyl (C=O) groups is 2. The Morgan fingerprint density at radius 3 is 2.56 bits per heavy atom. The Balaban J connectivity index is 1.50. The van der Waals surface area contributed by atoms with Crippen molar-refractivity contribution in [2.45, 2.75) is 13.0 Å². The fourth-order valence-corrected chi connectivity index (χ4v) is 3.03. The third-order valence-corrected chi connectivity index (χ3v) is 4.41. The molecule has 0 saturated carbocycles. The van der Waals surface area contributed by atoms with Gasteiger partial charge in [-0.2, -0.15) is 0 Å². The van der Waals surface area contributed by atoms with E-state index in [-0.39, 0.29) is 17.7 Å². The highest BCUT2D eigenvalue weighted by Crippen LogP contribution is 2.20. The molecule has 2 aromatic rings. The van der Waals surface area contributed by atoms with Gasteiger partial charge in [0.15, 0.2) is 0 Å². The Bertz CT molecular complexity index is 728. The number of rotatable bonds is 6. The maximum Gasteiger partial charge on any atom is 0.251 e. The molecule has 1 fully saturated rings. The van der Waals surface area contributed by atoms with Gasteiger partial charge in [-0.1, -0.05) is 30.3 Å². The number of ether oxygens (including phenoxy) is 1. The average molecular weight is 338 g/mol. The molecule has 25 heavy (non-hydrogen) atoms. The summed E-state index contributed by atoms with van der Waals surface area (Å²) in [5.41, 5.74) is 1.71. The van der Waals surface area contributed by atoms with E-state index in [1.807, 2.05) is 35.2 Å². The van der Waals surface area contributed by atoms with E-state index in [1.54, 1.807) is 31.4 Å². The van der Waals surface area contributed by atoms with Crippen molar-refractivity contribution in [2.75, 3.05) is 20.2 Å². The van der Waals surface area contributed by atoms with E-state index in [2.05, 4.69) is 5.32 Å². The first-order valence-corrected chi connectivity index (χ1v) is 8.39. The number of hydrogen-bond acceptors (Lipinski definition) is 3. The quantitative estimate of drug-likeness (QED) is 0.880. The first kappa shape index (κ1) is 17.0. The van der Waals surface area contributed by atoms with E-state index < -0.39 is 0 Å². The van der Waals surface area contributed by atoms with Crippen LogP contribution >= 0.6 is 0 Å². The predicted molar refractivity (Wildman–Crippen MR) is 95.3 cm³/mol. The minimum absolute atomic E-state index is 0.128. The van der Waals surface area contributed by atoms with Crippen molar-refractivity contribution in [3.05, 3.63) is 65.7 Å². The Morgan fingerprint density at radius 1 is 1.16 bits per heavy atom. The van der Waals surface area contributed by atoms with E-state index in [0.29, 0.717) is 31.6 Å². The van der Waals surface area contributed by atoms with Gasteiger partial charge in [0.1, 0.15) is 5.75 Å². The zero-order valence-corrected chi connectivity index (χ0v) is 14.3. The molecule has 0 spiro atoms. The van der Waals surface area contributed by atoms with Crippen LogP contribution in [0.5, 0.6) is 5.75 Å². The molecule has 0 unspecified atom stereocenters. The van der Waals surface area contributed by atoms with Crippen LogP contribution in [0.15, 0.2) is 54.6 Å². The van der Waals surface area contributed by atoms with Crippen molar-refractivity contribution in [3.8, 4) is 5.75 Å². The number of nitrogens with one attached hydrogen (secondary N) is 1. The molecule has 0 radical (unpaired) electrons. The summed E-state index contributed by atoms with van der Waals surface area (Å²) in [7, 11) is 1.59. The molecule has 2 amide bonds. The minimum Gasteiger partial charge on any atom is -0.497 e. The lowest BCUT2D eigenvalue weighted by atomic mass is 10.1. The highest BCUT2D eigenvalue weighted by molar-refractivity contribution is 5.94. The molecule has 5 heteroatoms. The summed E-state index contributed by atoms with van der Waals surface area (Å²) >= 11 is 0. The number of hydrogen-bond donors (Lipinski definition) is 1. The topological polar surface area (TPSA) is 58.6 Å². The normalized spacial score (nSPS) is 16.8. The number of carbonyl (C=O) groups excluding carboxylic acids is 2. The third-order valence-electron chi connectivity index (χ3n) is 4.41. The van der Waals surface area contributed by atoms with E-state index in [9.17, 15) is 9.59 Å². The van der Waals surface area contributed by atoms with E-state index in [4.69, 9.17) is 4.74 Å². The predicted octanol–water partition coefficient (Wildman–Crippen LogP) is 2.47. The summed E-state index contributed by atoms with van der Waals surface area (Å²) in [4.78, 5) is 26.2. The molecule has 1 heterocycles. The molecule has 3 rings (SSSR count). The largest absolute Gasteiger partial charge is 0.497 e. The van der Waals surface area contributed by atoms with Crippen LogP contribution < -0.4 is 10.1 Å². The molecular weight excluding hydrogens is 316 g/mol. The Labute approximate surface area is 147 Å². The van der Waals surface area contributed by atoms with Gasteiger partial charge >= 0.3 is 0 Å². The van der Waals surface area contributed by atoms with Crippen molar-refractivity contribution in [1.29, 1.82) is 0 Å². The molecule has 0 aliphatic carbocycles. The maximum atomic E-state index is 12.2. The first-order chi connectivity index (χ1) is 12.2. The summed E-state index contributed by atoms with van der Waals surface area (Å²) < 4.78 is 5.09. The van der Waals surface area contributed by atoms with Crippen molar-refractivity contribution in [2.24, 2.45) is 5.92 Å². The standard InChI is InChI=1S/C20H22N2O3/c1-25-18-9-7-17(8-10-18)20(24)21-12-16-11-19(23)22(14-16)13-15-5-3-2-4-6-15/h2-10,16H,11-14H2,1H3,(H,21,24)/t16-/m1/s1. The van der Waals surface area contributed by atoms with Crippen molar-refractivity contribution < 1.29 is 14.3 Å². The van der Waals surface area contributed by atoms with E-state index >= 15 is 0 Å². The van der Waals surface area contributed by atoms with E-state index in [0.717, 1.165) is 11.3 Å². The second-order valence-corrected chi connectivity index (χ2v) is 6.27. The van der Waals surface area contributed by atoms with Crippen molar-refractivity contribution in [1.82, 2.24) is 10.2 Å². The molecule has 1 aliphatic heterocycles. The molecular formula is C20H22N2O3. The van der Waals surface area contributed by atoms with Crippen LogP contribution in [0.3, 0.4) is 0 Å². The summed E-state index contributed by atoms with van der Waals surface area (Å²) in [6.45, 7) is 1.81. The molecule has 2 aromatic carbocycles. The van der Waals surface area contributed by atoms with Crippen LogP contribution in [0.1, 0.15) is 22.3 Å². The molecule has 1 saturated heterocycles. The van der Waals surface area contributed by atoms with Crippen molar-refractivity contribution in [3.63, 3.8) is 0 Å². The van der Waals surface area contributed by atoms with Gasteiger partial charge in [0.05, 0.1) is 7.11 Å². The monoisotopic (exact) mass is 338 g/mol. The van der Waals surface area contributed by atoms with Crippen LogP contribution in [0.25, 0.3) is 0 Å². The molecule has 1 N–H and O–H groups in total. The minimum atomic E-state index is -0.128. The van der Waals surface area contributed by atoms with Gasteiger partial charge in [-0.25, -0.2) is 0 Å². The fourth-order valence-electron chi connectivity index (χ4n) is 3.03. The number of methoxy groups -OCH3 is 1. The number of benzene rings is 2. The van der Waals surface area contributed by atoms with Crippen LogP contribution in [0.4, 0.5) is 0 Å². The first-order valence-electron chi connectivity index (χ1n) is 8.39. The van der Waals surface area contributed by atoms with Gasteiger partial charge in [-0.05, 0) is 29.8 Å². The van der Waals surface area contributed by atoms with Crippen molar-refractivity contribution >= 4 is 11.8 Å². The molecule has 1 atom stereocenters. The number of nitrogens with zero attached hydrogens (tertiary/aromatic N) is 1. The highest BCUT2D eigenvalue weighted by Gasteiger charge is 2.29. The van der Waals surface area contributed by atoms with E-state index in [1.165, 1.54) is 0 Å². The summed E-state index contributed by atoms with van der Waals surface area (Å²) in [5.74, 6) is 0.886. The van der Waals surface area contributed by atoms with Gasteiger partial charge in [0, 0.05) is 37.5 Å². The molecule has 0 bridgehead atoms. The van der Waals surface area contributed by atoms with Gasteiger partial charge in [-0.3, -0.25) is 9.59 Å². The Hall–Kier alpha value is -2.82. The smallest absolute Gasteiger partial charge is 0.251 e. The lowest BCUT2D eigenvalue weighted by Gasteiger charge is -2.17. The van der Waals surface area contributed by atoms with Crippen LogP contribution in [-0.2, 0) is 11.3 Å². The summed E-state index contributed by atoms with van der Waals surface area (Å²) in [6, 6.07) is 16.9. The second-order valence-electron chi connectivity index (χ2n) is 6.27. The van der Waals surface area contributed by atoms with Gasteiger partial charge in [-0.15, -0.1) is 0 Å². The van der Waals surface area contributed by atoms with Crippen LogP contribution in [-0.4, -0.2) is 36.9 Å². The zero-order chi connectivity index (χ0) is 17.6. The SMILES string of the molecule is COc1ccc(C(=O)NC[C@H]2CC(=O)N(Cc3ccccc3)C2)cc1. The van der Waals surface area contributed by atoms with Gasteiger partial charge in [0.25, 0.3) is 5.91 Å². The fraction of sp³-hybridized carbons (Fsp3) is 0.300. The average Bonchev–Trinajstić information content (AvgIpc) is 3.00. The molecule has 0 aromatic heterocycles. The summed E-state index contributed by atoms with van der Waals surface area (Å²) in [6.07, 6.45) is 0.482. The zero-order valence-electron chi connectivity index (χ0n) is 14.3. The van der Waals surface area contributed by atoms with Crippen LogP contribution in [0, 0.1) is 5.92 Å². The second kappa shape index (κ2) is 7.83. The Kier molecular flexibility index (Phi) is 5.33. The maximum absolute atomic E-state index is 12.2. The summed E-state index contributed by atoms with van der Waals surface area (Å²) in [5, 5.41) is 2.92. The van der Waals surface area contributed by atoms with Crippen LogP contribution in [0.2, 0.25) is 0 Å². The third kappa shape index (κ3) is 4.38. The molecule has 130 valence electrons. The van der Waals surface area contributed by atoms with Gasteiger partial charge < -0.3 is 15.0 Å². The lowest BCUT2D eigenvalue weighted by molar-refractivity contribution is -0.128. The molecule has 5 nitrogen and oxygen atoms in total.